The highest BCUT2D eigenvalue weighted by molar-refractivity contribution is 7.95. The fraction of sp³-hybridized carbons (Fsp3) is 0.375. The highest BCUT2D eigenvalue weighted by Gasteiger charge is 2.52. The van der Waals surface area contributed by atoms with Crippen LogP contribution in [0.5, 0.6) is 0 Å². The predicted molar refractivity (Wildman–Crippen MR) is 92.3 cm³/mol. The fourth-order valence-corrected chi connectivity index (χ4v) is 4.95. The molecule has 0 unspecified atom stereocenters. The van der Waals surface area contributed by atoms with E-state index in [9.17, 15) is 21.8 Å². The van der Waals surface area contributed by atoms with Crippen LogP contribution in [-0.4, -0.2) is 27.3 Å². The van der Waals surface area contributed by atoms with Crippen molar-refractivity contribution in [1.29, 1.82) is 0 Å². The Morgan fingerprint density at radius 2 is 1.68 bits per heavy atom. The molecule has 5 nitrogen and oxygen atoms in total. The van der Waals surface area contributed by atoms with Crippen molar-refractivity contribution in [3.63, 3.8) is 0 Å². The average Bonchev–Trinajstić information content (AvgIpc) is 2.53. The summed E-state index contributed by atoms with van der Waals surface area (Å²) in [5, 5.41) is 0. The van der Waals surface area contributed by atoms with E-state index in [2.05, 4.69) is 15.6 Å². The van der Waals surface area contributed by atoms with Crippen LogP contribution in [0.3, 0.4) is 0 Å². The van der Waals surface area contributed by atoms with Gasteiger partial charge in [-0.2, -0.15) is 8.78 Å². The van der Waals surface area contributed by atoms with E-state index < -0.39 is 28.0 Å². The standard InChI is InChI=1S/C16H21F2O5PS/c1-5-22-24(19,23-6-2)16(17,18)12-15(13(3)4)25(20,21)14-10-8-7-9-11-14/h7-12H,3,5-6H2,1-2,4H3/b15-12+. The Labute approximate surface area is 146 Å². The molecule has 9 heteroatoms. The van der Waals surface area contributed by atoms with Gasteiger partial charge in [0.25, 0.3) is 0 Å². The molecule has 1 aromatic carbocycles. The third-order valence-electron chi connectivity index (χ3n) is 3.03. The van der Waals surface area contributed by atoms with Crippen LogP contribution in [0.15, 0.2) is 58.4 Å². The van der Waals surface area contributed by atoms with Crippen molar-refractivity contribution >= 4 is 17.4 Å². The first-order chi connectivity index (χ1) is 11.5. The summed E-state index contributed by atoms with van der Waals surface area (Å²) in [5.41, 5.74) is -4.27. The Morgan fingerprint density at radius 3 is 2.08 bits per heavy atom. The van der Waals surface area contributed by atoms with E-state index in [1.165, 1.54) is 45.0 Å². The smallest absolute Gasteiger partial charge is 0.304 e. The maximum atomic E-state index is 14.6. The Balaban J connectivity index is 3.53. The average molecular weight is 394 g/mol. The summed E-state index contributed by atoms with van der Waals surface area (Å²) in [4.78, 5) is -0.911. The van der Waals surface area contributed by atoms with Gasteiger partial charge in [-0.05, 0) is 38.5 Å². The van der Waals surface area contributed by atoms with Crippen molar-refractivity contribution in [1.82, 2.24) is 0 Å². The first-order valence-corrected chi connectivity index (χ1v) is 10.5. The van der Waals surface area contributed by atoms with Gasteiger partial charge < -0.3 is 9.05 Å². The van der Waals surface area contributed by atoms with Crippen molar-refractivity contribution in [3.8, 4) is 0 Å². The third kappa shape index (κ3) is 4.85. The van der Waals surface area contributed by atoms with Gasteiger partial charge in [0.1, 0.15) is 0 Å². The maximum absolute atomic E-state index is 14.6. The molecule has 0 saturated heterocycles. The van der Waals surface area contributed by atoms with E-state index in [1.807, 2.05) is 0 Å². The zero-order valence-electron chi connectivity index (χ0n) is 14.2. The predicted octanol–water partition coefficient (Wildman–Crippen LogP) is 4.78. The lowest BCUT2D eigenvalue weighted by Gasteiger charge is -2.24. The largest absolute Gasteiger partial charge is 0.403 e. The van der Waals surface area contributed by atoms with Crippen LogP contribution >= 0.6 is 7.60 Å². The molecule has 1 aromatic rings. The second-order valence-electron chi connectivity index (χ2n) is 5.03. The minimum Gasteiger partial charge on any atom is -0.304 e. The van der Waals surface area contributed by atoms with E-state index in [-0.39, 0.29) is 29.8 Å². The molecule has 1 rings (SSSR count). The number of rotatable bonds is 9. The van der Waals surface area contributed by atoms with Gasteiger partial charge in [0.05, 0.1) is 23.0 Å². The van der Waals surface area contributed by atoms with Crippen molar-refractivity contribution in [2.24, 2.45) is 0 Å². The molecule has 0 N–H and O–H groups in total. The fourth-order valence-electron chi connectivity index (χ4n) is 1.94. The minimum atomic E-state index is -4.89. The number of hydrogen-bond donors (Lipinski definition) is 0. The number of hydrogen-bond acceptors (Lipinski definition) is 5. The summed E-state index contributed by atoms with van der Waals surface area (Å²) in [7, 11) is -9.17. The minimum absolute atomic E-state index is 0.101. The molecule has 140 valence electrons. The molecule has 0 amide bonds. The van der Waals surface area contributed by atoms with Gasteiger partial charge >= 0.3 is 13.3 Å². The van der Waals surface area contributed by atoms with Crippen molar-refractivity contribution in [2.45, 2.75) is 31.3 Å². The van der Waals surface area contributed by atoms with Gasteiger partial charge in [0.15, 0.2) is 0 Å². The lowest BCUT2D eigenvalue weighted by Crippen LogP contribution is -2.20. The molecule has 0 saturated carbocycles. The van der Waals surface area contributed by atoms with Crippen LogP contribution < -0.4 is 0 Å². The Morgan fingerprint density at radius 1 is 1.20 bits per heavy atom. The van der Waals surface area contributed by atoms with E-state index in [0.717, 1.165) is 0 Å². The zero-order valence-corrected chi connectivity index (χ0v) is 15.9. The normalized spacial score (nSPS) is 13.7. The summed E-state index contributed by atoms with van der Waals surface area (Å²) in [6.45, 7) is 6.92. The summed E-state index contributed by atoms with van der Waals surface area (Å²) in [5.74, 6) is 0. The number of allylic oxidation sites excluding steroid dienone is 2. The van der Waals surface area contributed by atoms with Crippen LogP contribution in [0.25, 0.3) is 0 Å². The Hall–Kier alpha value is -1.34. The first-order valence-electron chi connectivity index (χ1n) is 7.47. The Kier molecular flexibility index (Phi) is 7.26. The molecule has 0 aliphatic carbocycles. The molecule has 0 aromatic heterocycles. The number of sulfone groups is 1. The van der Waals surface area contributed by atoms with Gasteiger partial charge in [0, 0.05) is 6.08 Å². The lowest BCUT2D eigenvalue weighted by atomic mass is 10.3. The maximum Gasteiger partial charge on any atom is 0.403 e. The number of halogens is 2. The van der Waals surface area contributed by atoms with E-state index in [4.69, 9.17) is 0 Å². The molecule has 0 aliphatic rings. The van der Waals surface area contributed by atoms with Crippen molar-refractivity contribution in [2.75, 3.05) is 13.2 Å². The van der Waals surface area contributed by atoms with Gasteiger partial charge in [-0.3, -0.25) is 4.57 Å². The molecule has 25 heavy (non-hydrogen) atoms. The van der Waals surface area contributed by atoms with Gasteiger partial charge in [-0.15, -0.1) is 0 Å². The monoisotopic (exact) mass is 394 g/mol. The molecule has 0 fully saturated rings. The quantitative estimate of drug-likeness (QED) is 0.445. The summed E-state index contributed by atoms with van der Waals surface area (Å²) >= 11 is 0. The number of alkyl halides is 2. The molecule has 0 heterocycles. The third-order valence-corrected chi connectivity index (χ3v) is 7.03. The van der Waals surface area contributed by atoms with Crippen LogP contribution in [-0.2, 0) is 23.4 Å². The second kappa shape index (κ2) is 8.36. The first kappa shape index (κ1) is 21.7. The molecule has 0 atom stereocenters. The molecule has 0 radical (unpaired) electrons. The van der Waals surface area contributed by atoms with Gasteiger partial charge in [-0.25, -0.2) is 8.42 Å². The molecule has 0 spiro atoms. The SMILES string of the molecule is C=C(C)/C(=C\C(F)(F)P(=O)(OCC)OCC)S(=O)(=O)c1ccccc1. The van der Waals surface area contributed by atoms with Gasteiger partial charge in [-0.1, -0.05) is 24.8 Å². The lowest BCUT2D eigenvalue weighted by molar-refractivity contribution is 0.0791. The highest BCUT2D eigenvalue weighted by atomic mass is 32.2. The summed E-state index contributed by atoms with van der Waals surface area (Å²) in [6.07, 6.45) is 0.101. The highest BCUT2D eigenvalue weighted by Crippen LogP contribution is 2.63. The molecule has 0 bridgehead atoms. The van der Waals surface area contributed by atoms with Crippen LogP contribution in [0.4, 0.5) is 8.78 Å². The van der Waals surface area contributed by atoms with Crippen LogP contribution in [0.2, 0.25) is 0 Å². The van der Waals surface area contributed by atoms with Crippen LogP contribution in [0.1, 0.15) is 20.8 Å². The Bertz CT molecular complexity index is 778. The van der Waals surface area contributed by atoms with Gasteiger partial charge in [0.2, 0.25) is 9.84 Å². The van der Waals surface area contributed by atoms with E-state index in [1.54, 1.807) is 6.07 Å². The molecular weight excluding hydrogens is 373 g/mol. The molecular formula is C16H21F2O5PS. The van der Waals surface area contributed by atoms with Crippen molar-refractivity contribution in [3.05, 3.63) is 53.5 Å². The summed E-state index contributed by atoms with van der Waals surface area (Å²) < 4.78 is 76.2. The summed E-state index contributed by atoms with van der Waals surface area (Å²) in [6, 6.07) is 7.07. The molecule has 0 aliphatic heterocycles. The van der Waals surface area contributed by atoms with E-state index in [0.29, 0.717) is 0 Å². The zero-order chi connectivity index (χ0) is 19.3. The van der Waals surface area contributed by atoms with Crippen LogP contribution in [0, 0.1) is 0 Å². The number of benzene rings is 1. The topological polar surface area (TPSA) is 69.7 Å². The van der Waals surface area contributed by atoms with E-state index >= 15 is 0 Å². The van der Waals surface area contributed by atoms with Crippen molar-refractivity contribution < 1.29 is 30.8 Å². The second-order valence-corrected chi connectivity index (χ2v) is 9.05.